The number of nitrogens with zero attached hydrogens (tertiary/aromatic N) is 4. The van der Waals surface area contributed by atoms with Crippen molar-refractivity contribution in [2.24, 2.45) is 0 Å². The average molecular weight is 388 g/mol. The zero-order chi connectivity index (χ0) is 19.2. The van der Waals surface area contributed by atoms with E-state index in [2.05, 4.69) is 30.4 Å². The smallest absolute Gasteiger partial charge is 0.239 e. The summed E-state index contributed by atoms with van der Waals surface area (Å²) in [6.45, 7) is 8.09. The van der Waals surface area contributed by atoms with E-state index >= 15 is 0 Å². The SMILES string of the molecule is CC(=O)Nc1ncc(CN2CCN(CC(=O)Nc3ccc(C)cn3)CC2)s1. The normalized spacial score (nSPS) is 15.5. The minimum absolute atomic E-state index is 0.0396. The second-order valence-corrected chi connectivity index (χ2v) is 7.75. The van der Waals surface area contributed by atoms with Crippen LogP contribution < -0.4 is 10.6 Å². The number of rotatable bonds is 6. The first-order valence-electron chi connectivity index (χ1n) is 8.87. The predicted octanol–water partition coefficient (Wildman–Crippen LogP) is 1.56. The van der Waals surface area contributed by atoms with Gasteiger partial charge in [-0.2, -0.15) is 0 Å². The zero-order valence-electron chi connectivity index (χ0n) is 15.6. The van der Waals surface area contributed by atoms with Crippen LogP contribution in [0.25, 0.3) is 0 Å². The third-order valence-corrected chi connectivity index (χ3v) is 5.12. The number of aromatic nitrogens is 2. The molecule has 144 valence electrons. The quantitative estimate of drug-likeness (QED) is 0.781. The molecule has 0 saturated carbocycles. The maximum atomic E-state index is 12.2. The number of anilines is 2. The minimum Gasteiger partial charge on any atom is -0.310 e. The molecule has 3 rings (SSSR count). The second kappa shape index (κ2) is 9.03. The molecule has 0 aromatic carbocycles. The molecule has 2 amide bonds. The standard InChI is InChI=1S/C18H24N6O2S/c1-13-3-4-16(19-9-13)22-17(26)12-24-7-5-23(6-8-24)11-15-10-20-18(27-15)21-14(2)25/h3-4,9-10H,5-8,11-12H2,1-2H3,(H,19,22,26)(H,20,21,25). The predicted molar refractivity (Wildman–Crippen MR) is 106 cm³/mol. The number of aryl methyl sites for hydroxylation is 1. The lowest BCUT2D eigenvalue weighted by molar-refractivity contribution is -0.118. The van der Waals surface area contributed by atoms with Gasteiger partial charge >= 0.3 is 0 Å². The topological polar surface area (TPSA) is 90.5 Å². The number of nitrogens with one attached hydrogen (secondary N) is 2. The lowest BCUT2D eigenvalue weighted by atomic mass is 10.3. The number of carbonyl (C=O) groups is 2. The van der Waals surface area contributed by atoms with E-state index in [4.69, 9.17) is 0 Å². The number of pyridine rings is 1. The molecule has 2 aromatic heterocycles. The third kappa shape index (κ3) is 6.09. The van der Waals surface area contributed by atoms with Gasteiger partial charge in [-0.15, -0.1) is 11.3 Å². The fourth-order valence-electron chi connectivity index (χ4n) is 2.84. The van der Waals surface area contributed by atoms with Gasteiger partial charge in [0.2, 0.25) is 11.8 Å². The van der Waals surface area contributed by atoms with E-state index in [9.17, 15) is 9.59 Å². The molecule has 1 aliphatic heterocycles. The molecule has 27 heavy (non-hydrogen) atoms. The van der Waals surface area contributed by atoms with Gasteiger partial charge in [0.05, 0.1) is 6.54 Å². The third-order valence-electron chi connectivity index (χ3n) is 4.23. The van der Waals surface area contributed by atoms with Crippen LogP contribution in [0.1, 0.15) is 17.4 Å². The molecule has 1 aliphatic rings. The number of carbonyl (C=O) groups excluding carboxylic acids is 2. The van der Waals surface area contributed by atoms with Crippen LogP contribution in [0.15, 0.2) is 24.5 Å². The summed E-state index contributed by atoms with van der Waals surface area (Å²) < 4.78 is 0. The molecular formula is C18H24N6O2S. The van der Waals surface area contributed by atoms with E-state index in [0.717, 1.165) is 43.2 Å². The number of thiazole rings is 1. The zero-order valence-corrected chi connectivity index (χ0v) is 16.4. The summed E-state index contributed by atoms with van der Waals surface area (Å²) >= 11 is 1.50. The van der Waals surface area contributed by atoms with E-state index in [1.165, 1.54) is 18.3 Å². The largest absolute Gasteiger partial charge is 0.310 e. The van der Waals surface area contributed by atoms with Crippen molar-refractivity contribution in [1.29, 1.82) is 0 Å². The lowest BCUT2D eigenvalue weighted by Crippen LogP contribution is -2.48. The van der Waals surface area contributed by atoms with Crippen LogP contribution in [0.4, 0.5) is 10.9 Å². The molecule has 2 N–H and O–H groups in total. The van der Waals surface area contributed by atoms with Crippen molar-refractivity contribution in [3.63, 3.8) is 0 Å². The van der Waals surface area contributed by atoms with Crippen LogP contribution in [0, 0.1) is 6.92 Å². The molecule has 3 heterocycles. The summed E-state index contributed by atoms with van der Waals surface area (Å²) in [6, 6.07) is 3.74. The van der Waals surface area contributed by atoms with Crippen molar-refractivity contribution >= 4 is 34.1 Å². The summed E-state index contributed by atoms with van der Waals surface area (Å²) in [7, 11) is 0. The maximum Gasteiger partial charge on any atom is 0.239 e. The van der Waals surface area contributed by atoms with Gasteiger partial charge in [0.15, 0.2) is 5.13 Å². The van der Waals surface area contributed by atoms with Crippen LogP contribution >= 0.6 is 11.3 Å². The van der Waals surface area contributed by atoms with Crippen LogP contribution in [0.2, 0.25) is 0 Å². The van der Waals surface area contributed by atoms with Gasteiger partial charge in [0, 0.05) is 56.9 Å². The van der Waals surface area contributed by atoms with Gasteiger partial charge in [-0.05, 0) is 18.6 Å². The molecule has 0 unspecified atom stereocenters. The highest BCUT2D eigenvalue weighted by Gasteiger charge is 2.20. The van der Waals surface area contributed by atoms with E-state index in [0.29, 0.717) is 17.5 Å². The molecule has 0 aliphatic carbocycles. The Balaban J connectivity index is 1.40. The Hall–Kier alpha value is -2.36. The van der Waals surface area contributed by atoms with E-state index in [-0.39, 0.29) is 11.8 Å². The highest BCUT2D eigenvalue weighted by Crippen LogP contribution is 2.20. The van der Waals surface area contributed by atoms with E-state index in [1.54, 1.807) is 6.20 Å². The van der Waals surface area contributed by atoms with Crippen molar-refractivity contribution in [3.8, 4) is 0 Å². The molecule has 9 heteroatoms. The van der Waals surface area contributed by atoms with E-state index in [1.807, 2.05) is 25.3 Å². The van der Waals surface area contributed by atoms with Crippen LogP contribution in [-0.2, 0) is 16.1 Å². The number of hydrogen-bond acceptors (Lipinski definition) is 7. The Morgan fingerprint density at radius 2 is 1.81 bits per heavy atom. The van der Waals surface area contributed by atoms with Gasteiger partial charge in [-0.25, -0.2) is 9.97 Å². The first kappa shape index (κ1) is 19.4. The summed E-state index contributed by atoms with van der Waals surface area (Å²) in [5.41, 5.74) is 1.06. The highest BCUT2D eigenvalue weighted by atomic mass is 32.1. The van der Waals surface area contributed by atoms with Crippen molar-refractivity contribution < 1.29 is 9.59 Å². The molecule has 0 bridgehead atoms. The first-order chi connectivity index (χ1) is 13.0. The van der Waals surface area contributed by atoms with Gasteiger partial charge in [-0.3, -0.25) is 19.4 Å². The Morgan fingerprint density at radius 1 is 1.07 bits per heavy atom. The van der Waals surface area contributed by atoms with Crippen molar-refractivity contribution in [1.82, 2.24) is 19.8 Å². The second-order valence-electron chi connectivity index (χ2n) is 6.63. The fourth-order valence-corrected chi connectivity index (χ4v) is 3.74. The van der Waals surface area contributed by atoms with Crippen molar-refractivity contribution in [2.75, 3.05) is 43.4 Å². The first-order valence-corrected chi connectivity index (χ1v) is 9.69. The van der Waals surface area contributed by atoms with Gasteiger partial charge < -0.3 is 10.6 Å². The number of amides is 2. The molecule has 8 nitrogen and oxygen atoms in total. The van der Waals surface area contributed by atoms with Crippen molar-refractivity contribution in [2.45, 2.75) is 20.4 Å². The average Bonchev–Trinajstić information content (AvgIpc) is 3.05. The molecule has 1 saturated heterocycles. The molecule has 0 radical (unpaired) electrons. The van der Waals surface area contributed by atoms with Crippen LogP contribution in [0.5, 0.6) is 0 Å². The number of hydrogen-bond donors (Lipinski definition) is 2. The lowest BCUT2D eigenvalue weighted by Gasteiger charge is -2.33. The summed E-state index contributed by atoms with van der Waals surface area (Å²) in [6.07, 6.45) is 3.55. The van der Waals surface area contributed by atoms with E-state index < -0.39 is 0 Å². The van der Waals surface area contributed by atoms with Gasteiger partial charge in [0.25, 0.3) is 0 Å². The molecule has 0 atom stereocenters. The molecule has 2 aromatic rings. The monoisotopic (exact) mass is 388 g/mol. The Kier molecular flexibility index (Phi) is 6.49. The maximum absolute atomic E-state index is 12.2. The summed E-state index contributed by atoms with van der Waals surface area (Å²) in [5.74, 6) is 0.440. The molecule has 0 spiro atoms. The minimum atomic E-state index is -0.108. The highest BCUT2D eigenvalue weighted by molar-refractivity contribution is 7.15. The fraction of sp³-hybridized carbons (Fsp3) is 0.444. The number of piperazine rings is 1. The van der Waals surface area contributed by atoms with Crippen LogP contribution in [-0.4, -0.2) is 64.3 Å². The molecule has 1 fully saturated rings. The Bertz CT molecular complexity index is 783. The van der Waals surface area contributed by atoms with Crippen LogP contribution in [0.3, 0.4) is 0 Å². The summed E-state index contributed by atoms with van der Waals surface area (Å²) in [5, 5.41) is 6.18. The Labute approximate surface area is 162 Å². The Morgan fingerprint density at radius 3 is 2.48 bits per heavy atom. The summed E-state index contributed by atoms with van der Waals surface area (Å²) in [4.78, 5) is 37.3. The van der Waals surface area contributed by atoms with Gasteiger partial charge in [0.1, 0.15) is 5.82 Å². The van der Waals surface area contributed by atoms with Gasteiger partial charge in [-0.1, -0.05) is 6.07 Å². The van der Waals surface area contributed by atoms with Crippen molar-refractivity contribution in [3.05, 3.63) is 35.0 Å². The molecular weight excluding hydrogens is 364 g/mol.